The molecule has 0 radical (unpaired) electrons. The Hall–Kier alpha value is -0.0800. The molecule has 2 heteroatoms. The summed E-state index contributed by atoms with van der Waals surface area (Å²) in [6, 6.07) is 1.23. The molecule has 2 nitrogen and oxygen atoms in total. The number of nitrogens with zero attached hydrogens (tertiary/aromatic N) is 1. The van der Waals surface area contributed by atoms with E-state index in [2.05, 4.69) is 18.7 Å². The molecule has 1 rings (SSSR count). The first-order chi connectivity index (χ1) is 5.74. The predicted molar refractivity (Wildman–Crippen MR) is 53.2 cm³/mol. The van der Waals surface area contributed by atoms with Gasteiger partial charge in [0, 0.05) is 12.1 Å². The number of rotatable bonds is 3. The van der Waals surface area contributed by atoms with Crippen LogP contribution in [0.5, 0.6) is 0 Å². The monoisotopic (exact) mass is 170 g/mol. The molecule has 0 aromatic carbocycles. The van der Waals surface area contributed by atoms with Crippen molar-refractivity contribution in [3.05, 3.63) is 0 Å². The lowest BCUT2D eigenvalue weighted by Gasteiger charge is -2.34. The summed E-state index contributed by atoms with van der Waals surface area (Å²) in [5, 5.41) is 0. The van der Waals surface area contributed by atoms with Crippen LogP contribution in [0.25, 0.3) is 0 Å². The minimum atomic E-state index is 0.468. The Morgan fingerprint density at radius 2 is 2.00 bits per heavy atom. The van der Waals surface area contributed by atoms with Crippen LogP contribution in [-0.2, 0) is 0 Å². The smallest absolute Gasteiger partial charge is 0.00668 e. The van der Waals surface area contributed by atoms with Gasteiger partial charge in [0.25, 0.3) is 0 Å². The first kappa shape index (κ1) is 10.0. The van der Waals surface area contributed by atoms with Crippen molar-refractivity contribution in [2.75, 3.05) is 13.1 Å². The van der Waals surface area contributed by atoms with Crippen LogP contribution in [0.3, 0.4) is 0 Å². The van der Waals surface area contributed by atoms with Gasteiger partial charge in [-0.2, -0.15) is 0 Å². The van der Waals surface area contributed by atoms with Gasteiger partial charge in [0.1, 0.15) is 0 Å². The zero-order chi connectivity index (χ0) is 8.97. The second kappa shape index (κ2) is 4.83. The number of nitrogens with two attached hydrogens (primary N) is 1. The number of hydrogen-bond donors (Lipinski definition) is 1. The van der Waals surface area contributed by atoms with Gasteiger partial charge in [-0.25, -0.2) is 0 Å². The Kier molecular flexibility index (Phi) is 4.02. The first-order valence-electron chi connectivity index (χ1n) is 5.23. The molecule has 1 heterocycles. The highest BCUT2D eigenvalue weighted by molar-refractivity contribution is 4.77. The van der Waals surface area contributed by atoms with E-state index in [1.165, 1.54) is 38.8 Å². The van der Waals surface area contributed by atoms with Gasteiger partial charge in [0.05, 0.1) is 0 Å². The van der Waals surface area contributed by atoms with Gasteiger partial charge in [-0.05, 0) is 39.3 Å². The van der Waals surface area contributed by atoms with Crippen LogP contribution in [0.1, 0.15) is 39.5 Å². The zero-order valence-corrected chi connectivity index (χ0v) is 8.42. The highest BCUT2D eigenvalue weighted by atomic mass is 15.2. The molecular weight excluding hydrogens is 148 g/mol. The Labute approximate surface area is 76.1 Å². The fourth-order valence-corrected chi connectivity index (χ4v) is 1.96. The average Bonchev–Trinajstić information content (AvgIpc) is 2.06. The minimum Gasteiger partial charge on any atom is -0.328 e. The highest BCUT2D eigenvalue weighted by Gasteiger charge is 2.19. The second-order valence-corrected chi connectivity index (χ2v) is 4.01. The van der Waals surface area contributed by atoms with Crippen molar-refractivity contribution >= 4 is 0 Å². The van der Waals surface area contributed by atoms with Crippen LogP contribution in [0.4, 0.5) is 0 Å². The van der Waals surface area contributed by atoms with E-state index in [1.54, 1.807) is 0 Å². The van der Waals surface area contributed by atoms with E-state index in [9.17, 15) is 0 Å². The summed E-state index contributed by atoms with van der Waals surface area (Å²) in [7, 11) is 0. The van der Waals surface area contributed by atoms with Crippen LogP contribution in [-0.4, -0.2) is 30.1 Å². The van der Waals surface area contributed by atoms with Gasteiger partial charge in [-0.1, -0.05) is 13.3 Å². The number of hydrogen-bond acceptors (Lipinski definition) is 2. The van der Waals surface area contributed by atoms with E-state index in [4.69, 9.17) is 5.73 Å². The SMILES string of the molecule is CCCC(C)N1CCC(N)CC1. The van der Waals surface area contributed by atoms with Crippen molar-refractivity contribution in [2.24, 2.45) is 5.73 Å². The topological polar surface area (TPSA) is 29.3 Å². The van der Waals surface area contributed by atoms with Gasteiger partial charge < -0.3 is 10.6 Å². The van der Waals surface area contributed by atoms with Crippen molar-refractivity contribution in [1.82, 2.24) is 4.90 Å². The number of piperidine rings is 1. The molecule has 0 aromatic rings. The maximum absolute atomic E-state index is 5.84. The molecular formula is C10H22N2. The van der Waals surface area contributed by atoms with Gasteiger partial charge in [0.2, 0.25) is 0 Å². The summed E-state index contributed by atoms with van der Waals surface area (Å²) < 4.78 is 0. The Balaban J connectivity index is 2.24. The molecule has 12 heavy (non-hydrogen) atoms. The van der Waals surface area contributed by atoms with Crippen LogP contribution in [0, 0.1) is 0 Å². The summed E-state index contributed by atoms with van der Waals surface area (Å²) >= 11 is 0. The Morgan fingerprint density at radius 3 is 2.50 bits per heavy atom. The predicted octanol–water partition coefficient (Wildman–Crippen LogP) is 1.60. The van der Waals surface area contributed by atoms with Gasteiger partial charge in [-0.3, -0.25) is 0 Å². The molecule has 2 N–H and O–H groups in total. The molecule has 1 aliphatic rings. The Morgan fingerprint density at radius 1 is 1.42 bits per heavy atom. The quantitative estimate of drug-likeness (QED) is 0.697. The Bertz CT molecular complexity index is 117. The summed E-state index contributed by atoms with van der Waals surface area (Å²) in [5.41, 5.74) is 5.84. The third-order valence-electron chi connectivity index (χ3n) is 2.90. The van der Waals surface area contributed by atoms with Crippen molar-refractivity contribution in [1.29, 1.82) is 0 Å². The average molecular weight is 170 g/mol. The summed E-state index contributed by atoms with van der Waals surface area (Å²) in [4.78, 5) is 2.58. The highest BCUT2D eigenvalue weighted by Crippen LogP contribution is 2.14. The van der Waals surface area contributed by atoms with E-state index in [0.717, 1.165) is 6.04 Å². The maximum atomic E-state index is 5.84. The third kappa shape index (κ3) is 2.76. The van der Waals surface area contributed by atoms with Crippen LogP contribution in [0.2, 0.25) is 0 Å². The molecule has 1 saturated heterocycles. The lowest BCUT2D eigenvalue weighted by molar-refractivity contribution is 0.155. The molecule has 1 aliphatic heterocycles. The maximum Gasteiger partial charge on any atom is 0.00668 e. The summed E-state index contributed by atoms with van der Waals surface area (Å²) in [6.45, 7) is 7.01. The van der Waals surface area contributed by atoms with Gasteiger partial charge >= 0.3 is 0 Å². The van der Waals surface area contributed by atoms with Crippen LogP contribution >= 0.6 is 0 Å². The van der Waals surface area contributed by atoms with E-state index >= 15 is 0 Å². The molecule has 0 spiro atoms. The van der Waals surface area contributed by atoms with Crippen molar-refractivity contribution in [2.45, 2.75) is 51.6 Å². The van der Waals surface area contributed by atoms with Crippen LogP contribution in [0.15, 0.2) is 0 Å². The third-order valence-corrected chi connectivity index (χ3v) is 2.90. The standard InChI is InChI=1S/C10H22N2/c1-3-4-9(2)12-7-5-10(11)6-8-12/h9-10H,3-8,11H2,1-2H3. The lowest BCUT2D eigenvalue weighted by Crippen LogP contribution is -2.43. The summed E-state index contributed by atoms with van der Waals surface area (Å²) in [6.07, 6.45) is 5.00. The molecule has 0 aliphatic carbocycles. The molecule has 1 atom stereocenters. The number of likely N-dealkylation sites (tertiary alicyclic amines) is 1. The van der Waals surface area contributed by atoms with E-state index in [-0.39, 0.29) is 0 Å². The van der Waals surface area contributed by atoms with Crippen molar-refractivity contribution in [3.8, 4) is 0 Å². The van der Waals surface area contributed by atoms with E-state index in [0.29, 0.717) is 6.04 Å². The van der Waals surface area contributed by atoms with E-state index < -0.39 is 0 Å². The van der Waals surface area contributed by atoms with Crippen LogP contribution < -0.4 is 5.73 Å². The normalized spacial score (nSPS) is 24.2. The largest absolute Gasteiger partial charge is 0.328 e. The molecule has 0 amide bonds. The molecule has 1 fully saturated rings. The van der Waals surface area contributed by atoms with Gasteiger partial charge in [0.15, 0.2) is 0 Å². The minimum absolute atomic E-state index is 0.468. The van der Waals surface area contributed by atoms with Crippen molar-refractivity contribution < 1.29 is 0 Å². The first-order valence-corrected chi connectivity index (χ1v) is 5.23. The molecule has 0 saturated carbocycles. The fraction of sp³-hybridized carbons (Fsp3) is 1.00. The molecule has 1 unspecified atom stereocenters. The second-order valence-electron chi connectivity index (χ2n) is 4.01. The zero-order valence-electron chi connectivity index (χ0n) is 8.42. The fourth-order valence-electron chi connectivity index (χ4n) is 1.96. The lowest BCUT2D eigenvalue weighted by atomic mass is 10.0. The molecule has 72 valence electrons. The van der Waals surface area contributed by atoms with E-state index in [1.807, 2.05) is 0 Å². The molecule has 0 bridgehead atoms. The van der Waals surface area contributed by atoms with Crippen molar-refractivity contribution in [3.63, 3.8) is 0 Å². The molecule has 0 aromatic heterocycles. The summed E-state index contributed by atoms with van der Waals surface area (Å²) in [5.74, 6) is 0. The van der Waals surface area contributed by atoms with Gasteiger partial charge in [-0.15, -0.1) is 0 Å².